The summed E-state index contributed by atoms with van der Waals surface area (Å²) in [5, 5.41) is 12.3. The summed E-state index contributed by atoms with van der Waals surface area (Å²) >= 11 is 0. The molecule has 0 atom stereocenters. The van der Waals surface area contributed by atoms with Gasteiger partial charge in [-0.15, -0.1) is 0 Å². The van der Waals surface area contributed by atoms with Gasteiger partial charge in [-0.2, -0.15) is 0 Å². The zero-order valence-corrected chi connectivity index (χ0v) is 9.84. The summed E-state index contributed by atoms with van der Waals surface area (Å²) in [6.07, 6.45) is 0. The van der Waals surface area contributed by atoms with Gasteiger partial charge in [-0.25, -0.2) is 10.1 Å². The number of rotatable bonds is 2. The summed E-state index contributed by atoms with van der Waals surface area (Å²) < 4.78 is 0. The Balaban J connectivity index is 2.26. The van der Waals surface area contributed by atoms with Crippen molar-refractivity contribution in [3.63, 3.8) is 0 Å². The maximum atomic E-state index is 11.3. The topological polar surface area (TPSA) is 32.8 Å². The van der Waals surface area contributed by atoms with Gasteiger partial charge in [0.15, 0.2) is 0 Å². The molecular weight excluding hydrogens is 222 g/mol. The molecule has 0 unspecified atom stereocenters. The molecule has 0 aliphatic rings. The molecule has 1 heterocycles. The van der Waals surface area contributed by atoms with Gasteiger partial charge in [-0.05, 0) is 17.7 Å². The van der Waals surface area contributed by atoms with Crippen molar-refractivity contribution in [1.29, 1.82) is 0 Å². The van der Waals surface area contributed by atoms with E-state index in [1.165, 1.54) is 0 Å². The number of benzene rings is 2. The standard InChI is InChI=1S/C16H12NO/c18-11-13-10-16(12-6-2-1-3-7-12)17-15-9-5-4-8-14(13)15/h1-10H,11H2. The van der Waals surface area contributed by atoms with Crippen molar-refractivity contribution < 1.29 is 5.11 Å². The van der Waals surface area contributed by atoms with Crippen molar-refractivity contribution in [2.45, 2.75) is 6.61 Å². The molecule has 0 fully saturated rings. The van der Waals surface area contributed by atoms with E-state index in [0.717, 1.165) is 27.7 Å². The summed E-state index contributed by atoms with van der Waals surface area (Å²) in [5.41, 5.74) is 3.59. The number of aromatic nitrogens is 1. The molecule has 0 spiro atoms. The molecule has 1 aromatic heterocycles. The van der Waals surface area contributed by atoms with Crippen LogP contribution in [-0.4, -0.2) is 4.98 Å². The molecule has 3 aromatic rings. The largest absolute Gasteiger partial charge is 0.248 e. The van der Waals surface area contributed by atoms with Crippen LogP contribution < -0.4 is 0 Å². The molecule has 87 valence electrons. The Morgan fingerprint density at radius 3 is 2.39 bits per heavy atom. The van der Waals surface area contributed by atoms with Crippen molar-refractivity contribution in [3.05, 3.63) is 66.2 Å². The summed E-state index contributed by atoms with van der Waals surface area (Å²) in [5.74, 6) is 0. The average molecular weight is 234 g/mol. The molecule has 0 bridgehead atoms. The van der Waals surface area contributed by atoms with Crippen molar-refractivity contribution >= 4 is 10.9 Å². The summed E-state index contributed by atoms with van der Waals surface area (Å²) in [6.45, 7) is -0.219. The lowest BCUT2D eigenvalue weighted by Crippen LogP contribution is -1.91. The predicted molar refractivity (Wildman–Crippen MR) is 71.6 cm³/mol. The molecule has 0 saturated heterocycles. The fourth-order valence-electron chi connectivity index (χ4n) is 2.12. The van der Waals surface area contributed by atoms with Crippen molar-refractivity contribution in [3.8, 4) is 11.3 Å². The van der Waals surface area contributed by atoms with Crippen LogP contribution in [0.25, 0.3) is 22.2 Å². The summed E-state index contributed by atoms with van der Waals surface area (Å²) in [4.78, 5) is 4.62. The second-order valence-electron chi connectivity index (χ2n) is 4.19. The maximum absolute atomic E-state index is 11.3. The summed E-state index contributed by atoms with van der Waals surface area (Å²) in [6, 6.07) is 19.6. The zero-order valence-electron chi connectivity index (χ0n) is 9.84. The van der Waals surface area contributed by atoms with E-state index in [9.17, 15) is 5.11 Å². The third kappa shape index (κ3) is 1.87. The number of hydrogen-bond acceptors (Lipinski definition) is 1. The second-order valence-corrected chi connectivity index (χ2v) is 4.19. The Hall–Kier alpha value is -2.19. The first kappa shape index (κ1) is 10.9. The van der Waals surface area contributed by atoms with Crippen LogP contribution in [0.3, 0.4) is 0 Å². The van der Waals surface area contributed by atoms with Gasteiger partial charge < -0.3 is 0 Å². The lowest BCUT2D eigenvalue weighted by atomic mass is 10.0. The Morgan fingerprint density at radius 1 is 0.889 bits per heavy atom. The van der Waals surface area contributed by atoms with Crippen molar-refractivity contribution in [2.75, 3.05) is 0 Å². The van der Waals surface area contributed by atoms with Gasteiger partial charge in [0, 0.05) is 10.9 Å². The minimum atomic E-state index is -0.219. The van der Waals surface area contributed by atoms with Crippen LogP contribution in [0.2, 0.25) is 0 Å². The second kappa shape index (κ2) is 4.59. The smallest absolute Gasteiger partial charge is 0.108 e. The quantitative estimate of drug-likeness (QED) is 0.663. The molecule has 1 radical (unpaired) electrons. The van der Waals surface area contributed by atoms with E-state index in [1.807, 2.05) is 60.7 Å². The van der Waals surface area contributed by atoms with E-state index >= 15 is 0 Å². The molecule has 0 aliphatic heterocycles. The van der Waals surface area contributed by atoms with Gasteiger partial charge in [0.05, 0.1) is 11.2 Å². The first-order valence-corrected chi connectivity index (χ1v) is 5.90. The highest BCUT2D eigenvalue weighted by atomic mass is 16.3. The van der Waals surface area contributed by atoms with Gasteiger partial charge in [-0.1, -0.05) is 48.5 Å². The Labute approximate surface area is 106 Å². The highest BCUT2D eigenvalue weighted by Crippen LogP contribution is 2.24. The van der Waals surface area contributed by atoms with Crippen LogP contribution in [0, 0.1) is 0 Å². The molecular formula is C16H12NO. The van der Waals surface area contributed by atoms with E-state index in [4.69, 9.17) is 0 Å². The van der Waals surface area contributed by atoms with Gasteiger partial charge in [0.1, 0.15) is 6.61 Å². The molecule has 2 nitrogen and oxygen atoms in total. The van der Waals surface area contributed by atoms with Gasteiger partial charge in [-0.3, -0.25) is 0 Å². The van der Waals surface area contributed by atoms with Gasteiger partial charge in [0.2, 0.25) is 0 Å². The Kier molecular flexibility index (Phi) is 2.79. The first-order valence-electron chi connectivity index (χ1n) is 5.90. The van der Waals surface area contributed by atoms with E-state index < -0.39 is 0 Å². The van der Waals surface area contributed by atoms with Crippen LogP contribution >= 0.6 is 0 Å². The molecule has 0 N–H and O–H groups in total. The molecule has 0 saturated carbocycles. The molecule has 0 amide bonds. The van der Waals surface area contributed by atoms with Crippen molar-refractivity contribution in [1.82, 2.24) is 4.98 Å². The van der Waals surface area contributed by atoms with E-state index in [1.54, 1.807) is 0 Å². The van der Waals surface area contributed by atoms with E-state index in [-0.39, 0.29) is 6.61 Å². The maximum Gasteiger partial charge on any atom is 0.108 e. The number of fused-ring (bicyclic) bond motifs is 1. The Bertz CT molecular complexity index is 677. The zero-order chi connectivity index (χ0) is 12.4. The van der Waals surface area contributed by atoms with Crippen LogP contribution in [0.5, 0.6) is 0 Å². The minimum absolute atomic E-state index is 0.219. The fraction of sp³-hybridized carbons (Fsp3) is 0.0625. The van der Waals surface area contributed by atoms with Crippen LogP contribution in [-0.2, 0) is 11.7 Å². The first-order chi connectivity index (χ1) is 8.88. The van der Waals surface area contributed by atoms with Gasteiger partial charge >= 0.3 is 0 Å². The predicted octanol–water partition coefficient (Wildman–Crippen LogP) is 3.83. The molecule has 2 aromatic carbocycles. The number of nitrogens with zero attached hydrogens (tertiary/aromatic N) is 1. The average Bonchev–Trinajstić information content (AvgIpc) is 2.47. The van der Waals surface area contributed by atoms with Crippen LogP contribution in [0.1, 0.15) is 5.56 Å². The molecule has 18 heavy (non-hydrogen) atoms. The van der Waals surface area contributed by atoms with Gasteiger partial charge in [0.25, 0.3) is 0 Å². The Morgan fingerprint density at radius 2 is 1.61 bits per heavy atom. The molecule has 3 rings (SSSR count). The normalized spacial score (nSPS) is 10.7. The van der Waals surface area contributed by atoms with Crippen LogP contribution in [0.15, 0.2) is 60.7 Å². The SMILES string of the molecule is [O]Cc1cc(-c2ccccc2)nc2ccccc12. The number of para-hydroxylation sites is 1. The number of pyridine rings is 1. The highest BCUT2D eigenvalue weighted by molar-refractivity contribution is 5.85. The third-order valence-electron chi connectivity index (χ3n) is 3.03. The van der Waals surface area contributed by atoms with Crippen molar-refractivity contribution in [2.24, 2.45) is 0 Å². The monoisotopic (exact) mass is 234 g/mol. The van der Waals surface area contributed by atoms with E-state index in [2.05, 4.69) is 4.98 Å². The fourth-order valence-corrected chi connectivity index (χ4v) is 2.12. The minimum Gasteiger partial charge on any atom is -0.248 e. The lowest BCUT2D eigenvalue weighted by Gasteiger charge is -2.07. The molecule has 2 heteroatoms. The number of hydrogen-bond donors (Lipinski definition) is 0. The summed E-state index contributed by atoms with van der Waals surface area (Å²) in [7, 11) is 0. The van der Waals surface area contributed by atoms with Crippen LogP contribution in [0.4, 0.5) is 0 Å². The third-order valence-corrected chi connectivity index (χ3v) is 3.03. The van der Waals surface area contributed by atoms with E-state index in [0.29, 0.717) is 0 Å². The lowest BCUT2D eigenvalue weighted by molar-refractivity contribution is 0.179. The highest BCUT2D eigenvalue weighted by Gasteiger charge is 2.06. The molecule has 0 aliphatic carbocycles.